The average molecular weight is 248 g/mol. The number of benzene rings is 1. The van der Waals surface area contributed by atoms with Crippen LogP contribution in [0.25, 0.3) is 10.8 Å². The fourth-order valence-electron chi connectivity index (χ4n) is 1.38. The van der Waals surface area contributed by atoms with E-state index in [2.05, 4.69) is 0 Å². The van der Waals surface area contributed by atoms with E-state index in [1.165, 1.54) is 18.2 Å². The Balaban J connectivity index is 2.79. The fourth-order valence-corrected chi connectivity index (χ4v) is 1.56. The predicted octanol–water partition coefficient (Wildman–Crippen LogP) is 3.20. The second-order valence-electron chi connectivity index (χ2n) is 3.24. The Morgan fingerprint density at radius 1 is 1.19 bits per heavy atom. The maximum atomic E-state index is 12.4. The third-order valence-electron chi connectivity index (χ3n) is 2.11. The highest BCUT2D eigenvalue weighted by molar-refractivity contribution is 6.31. The van der Waals surface area contributed by atoms with Gasteiger partial charge in [-0.25, -0.2) is 0 Å². The average Bonchev–Trinajstić information content (AvgIpc) is 2.17. The lowest BCUT2D eigenvalue weighted by atomic mass is 10.1. The summed E-state index contributed by atoms with van der Waals surface area (Å²) in [6, 6.07) is 5.02. The lowest BCUT2D eigenvalue weighted by Gasteiger charge is -2.07. The van der Waals surface area contributed by atoms with E-state index in [4.69, 9.17) is 11.6 Å². The van der Waals surface area contributed by atoms with Gasteiger partial charge in [0.05, 0.1) is 0 Å². The molecule has 0 saturated heterocycles. The third kappa shape index (κ3) is 1.90. The van der Waals surface area contributed by atoms with Crippen molar-refractivity contribution in [2.24, 2.45) is 0 Å². The predicted molar refractivity (Wildman–Crippen MR) is 54.6 cm³/mol. The Kier molecular flexibility index (Phi) is 2.42. The number of H-pyrrole nitrogens is 1. The molecule has 0 aliphatic heterocycles. The molecule has 84 valence electrons. The molecule has 0 saturated carbocycles. The van der Waals surface area contributed by atoms with Crippen molar-refractivity contribution < 1.29 is 13.2 Å². The first-order chi connectivity index (χ1) is 7.38. The number of pyridine rings is 1. The minimum Gasteiger partial charge on any atom is -0.318 e. The van der Waals surface area contributed by atoms with Crippen LogP contribution in [-0.4, -0.2) is 4.98 Å². The molecule has 1 aromatic heterocycles. The Morgan fingerprint density at radius 3 is 2.50 bits per heavy atom. The molecule has 2 rings (SSSR count). The van der Waals surface area contributed by atoms with Gasteiger partial charge in [-0.1, -0.05) is 17.7 Å². The van der Waals surface area contributed by atoms with Crippen molar-refractivity contribution in [1.82, 2.24) is 4.98 Å². The summed E-state index contributed by atoms with van der Waals surface area (Å²) < 4.78 is 37.1. The van der Waals surface area contributed by atoms with Crippen LogP contribution in [-0.2, 0) is 6.18 Å². The second kappa shape index (κ2) is 3.52. The van der Waals surface area contributed by atoms with Crippen LogP contribution in [0.1, 0.15) is 5.69 Å². The molecule has 16 heavy (non-hydrogen) atoms. The van der Waals surface area contributed by atoms with Crippen molar-refractivity contribution in [1.29, 1.82) is 0 Å². The van der Waals surface area contributed by atoms with E-state index in [9.17, 15) is 18.0 Å². The van der Waals surface area contributed by atoms with Crippen molar-refractivity contribution in [2.75, 3.05) is 0 Å². The van der Waals surface area contributed by atoms with Crippen LogP contribution in [0.5, 0.6) is 0 Å². The molecule has 0 fully saturated rings. The topological polar surface area (TPSA) is 32.9 Å². The van der Waals surface area contributed by atoms with Crippen molar-refractivity contribution in [3.05, 3.63) is 45.3 Å². The zero-order valence-corrected chi connectivity index (χ0v) is 8.49. The number of aromatic nitrogens is 1. The van der Waals surface area contributed by atoms with E-state index in [-0.39, 0.29) is 10.8 Å². The van der Waals surface area contributed by atoms with Gasteiger partial charge < -0.3 is 4.98 Å². The molecule has 0 aliphatic rings. The molecule has 0 spiro atoms. The summed E-state index contributed by atoms with van der Waals surface area (Å²) in [6.45, 7) is 0. The van der Waals surface area contributed by atoms with Crippen LogP contribution in [0, 0.1) is 0 Å². The van der Waals surface area contributed by atoms with Crippen molar-refractivity contribution in [2.45, 2.75) is 6.18 Å². The highest BCUT2D eigenvalue weighted by Gasteiger charge is 2.32. The van der Waals surface area contributed by atoms with Crippen LogP contribution >= 0.6 is 11.6 Å². The van der Waals surface area contributed by atoms with E-state index in [1.807, 2.05) is 0 Å². The van der Waals surface area contributed by atoms with Gasteiger partial charge in [0.2, 0.25) is 0 Å². The Morgan fingerprint density at radius 2 is 1.88 bits per heavy atom. The number of rotatable bonds is 0. The molecular weight excluding hydrogens is 243 g/mol. The molecule has 0 aliphatic carbocycles. The Bertz CT molecular complexity index is 603. The zero-order chi connectivity index (χ0) is 11.9. The first-order valence-corrected chi connectivity index (χ1v) is 4.65. The van der Waals surface area contributed by atoms with Crippen LogP contribution in [0.2, 0.25) is 5.02 Å². The Labute approximate surface area is 92.7 Å². The van der Waals surface area contributed by atoms with Gasteiger partial charge in [0.1, 0.15) is 5.69 Å². The zero-order valence-electron chi connectivity index (χ0n) is 7.73. The van der Waals surface area contributed by atoms with Crippen LogP contribution < -0.4 is 5.56 Å². The normalized spacial score (nSPS) is 12.0. The van der Waals surface area contributed by atoms with E-state index >= 15 is 0 Å². The van der Waals surface area contributed by atoms with E-state index < -0.39 is 17.4 Å². The van der Waals surface area contributed by atoms with Crippen LogP contribution in [0.3, 0.4) is 0 Å². The largest absolute Gasteiger partial charge is 0.431 e. The van der Waals surface area contributed by atoms with Gasteiger partial charge in [0.25, 0.3) is 5.56 Å². The summed E-state index contributed by atoms with van der Waals surface area (Å²) in [5.74, 6) is 0. The monoisotopic (exact) mass is 247 g/mol. The molecular formula is C10H5ClF3NO. The lowest BCUT2D eigenvalue weighted by Crippen LogP contribution is -2.16. The highest BCUT2D eigenvalue weighted by Crippen LogP contribution is 2.28. The summed E-state index contributed by atoms with van der Waals surface area (Å²) in [5.41, 5.74) is -1.86. The third-order valence-corrected chi connectivity index (χ3v) is 2.35. The quantitative estimate of drug-likeness (QED) is 0.762. The SMILES string of the molecule is O=c1[nH]c(C(F)(F)F)cc2ccc(Cl)cc12. The minimum absolute atomic E-state index is 0.139. The van der Waals surface area contributed by atoms with E-state index in [0.29, 0.717) is 5.02 Å². The summed E-state index contributed by atoms with van der Waals surface area (Å²) in [4.78, 5) is 13.2. The van der Waals surface area contributed by atoms with E-state index in [1.54, 1.807) is 4.98 Å². The molecule has 2 aromatic rings. The number of hydrogen-bond donors (Lipinski definition) is 1. The Hall–Kier alpha value is -1.49. The smallest absolute Gasteiger partial charge is 0.318 e. The summed E-state index contributed by atoms with van der Waals surface area (Å²) >= 11 is 5.65. The first kappa shape index (κ1) is 11.0. The number of fused-ring (bicyclic) bond motifs is 1. The van der Waals surface area contributed by atoms with Gasteiger partial charge >= 0.3 is 6.18 Å². The van der Waals surface area contributed by atoms with Crippen molar-refractivity contribution in [3.63, 3.8) is 0 Å². The highest BCUT2D eigenvalue weighted by atomic mass is 35.5. The molecule has 2 nitrogen and oxygen atoms in total. The van der Waals surface area contributed by atoms with E-state index in [0.717, 1.165) is 6.07 Å². The molecule has 1 aromatic carbocycles. The van der Waals surface area contributed by atoms with Gasteiger partial charge in [-0.15, -0.1) is 0 Å². The molecule has 0 unspecified atom stereocenters. The first-order valence-electron chi connectivity index (χ1n) is 4.28. The maximum absolute atomic E-state index is 12.4. The van der Waals surface area contributed by atoms with Crippen LogP contribution in [0.15, 0.2) is 29.1 Å². The number of aromatic amines is 1. The molecule has 6 heteroatoms. The summed E-state index contributed by atoms with van der Waals surface area (Å²) in [5, 5.41) is 0.652. The lowest BCUT2D eigenvalue weighted by molar-refractivity contribution is -0.141. The van der Waals surface area contributed by atoms with Gasteiger partial charge in [-0.3, -0.25) is 4.79 Å². The van der Waals surface area contributed by atoms with Crippen LogP contribution in [0.4, 0.5) is 13.2 Å². The van der Waals surface area contributed by atoms with Crippen molar-refractivity contribution >= 4 is 22.4 Å². The molecule has 0 atom stereocenters. The molecule has 0 bridgehead atoms. The number of nitrogens with one attached hydrogen (secondary N) is 1. The number of hydrogen-bond acceptors (Lipinski definition) is 1. The summed E-state index contributed by atoms with van der Waals surface area (Å²) in [6.07, 6.45) is -4.56. The van der Waals surface area contributed by atoms with Gasteiger partial charge in [0, 0.05) is 10.4 Å². The second-order valence-corrected chi connectivity index (χ2v) is 3.68. The number of halogens is 4. The standard InChI is InChI=1S/C10H5ClF3NO/c11-6-2-1-5-3-8(10(12,13)14)15-9(16)7(5)4-6/h1-4H,(H,15,16). The number of alkyl halides is 3. The molecule has 1 heterocycles. The molecule has 1 N–H and O–H groups in total. The molecule has 0 radical (unpaired) electrons. The summed E-state index contributed by atoms with van der Waals surface area (Å²) in [7, 11) is 0. The van der Waals surface area contributed by atoms with Gasteiger partial charge in [-0.2, -0.15) is 13.2 Å². The van der Waals surface area contributed by atoms with Gasteiger partial charge in [0.15, 0.2) is 0 Å². The maximum Gasteiger partial charge on any atom is 0.431 e. The minimum atomic E-state index is -4.56. The van der Waals surface area contributed by atoms with Crippen molar-refractivity contribution in [3.8, 4) is 0 Å². The molecule has 0 amide bonds. The fraction of sp³-hybridized carbons (Fsp3) is 0.100. The van der Waals surface area contributed by atoms with Gasteiger partial charge in [-0.05, 0) is 23.6 Å².